The summed E-state index contributed by atoms with van der Waals surface area (Å²) in [4.78, 5) is 0. The fourth-order valence-electron chi connectivity index (χ4n) is 2.71. The minimum absolute atomic E-state index is 0.0571. The molecule has 5 heteroatoms. The largest absolute Gasteiger partial charge is 0.493 e. The van der Waals surface area contributed by atoms with Crippen molar-refractivity contribution in [2.45, 2.75) is 38.6 Å². The van der Waals surface area contributed by atoms with Crippen LogP contribution in [0.3, 0.4) is 0 Å². The molecule has 0 aliphatic heterocycles. The van der Waals surface area contributed by atoms with Crippen LogP contribution in [-0.4, -0.2) is 33.6 Å². The molecule has 118 valence electrons. The summed E-state index contributed by atoms with van der Waals surface area (Å²) >= 11 is 0. The molecule has 0 saturated carbocycles. The number of sulfone groups is 1. The monoisotopic (exact) mass is 311 g/mol. The summed E-state index contributed by atoms with van der Waals surface area (Å²) in [6, 6.07) is 6.53. The van der Waals surface area contributed by atoms with Crippen LogP contribution in [0, 0.1) is 0 Å². The van der Waals surface area contributed by atoms with Crippen LogP contribution in [0.2, 0.25) is 0 Å². The number of aryl methyl sites for hydroxylation is 1. The molecule has 1 aliphatic rings. The molecule has 1 N–H and O–H groups in total. The smallest absolute Gasteiger partial charge is 0.150 e. The van der Waals surface area contributed by atoms with E-state index in [1.54, 1.807) is 0 Å². The molecule has 0 amide bonds. The maximum absolute atomic E-state index is 11.1. The predicted molar refractivity (Wildman–Crippen MR) is 85.6 cm³/mol. The van der Waals surface area contributed by atoms with E-state index in [9.17, 15) is 8.42 Å². The van der Waals surface area contributed by atoms with Gasteiger partial charge in [0.2, 0.25) is 0 Å². The number of rotatable bonds is 7. The van der Waals surface area contributed by atoms with Gasteiger partial charge >= 0.3 is 0 Å². The van der Waals surface area contributed by atoms with Gasteiger partial charge in [-0.15, -0.1) is 0 Å². The van der Waals surface area contributed by atoms with Crippen LogP contribution in [0.4, 0.5) is 0 Å². The summed E-state index contributed by atoms with van der Waals surface area (Å²) in [7, 11) is -2.97. The number of fused-ring (bicyclic) bond motifs is 1. The van der Waals surface area contributed by atoms with Gasteiger partial charge in [-0.2, -0.15) is 0 Å². The first kappa shape index (κ1) is 16.3. The second kappa shape index (κ2) is 7.27. The van der Waals surface area contributed by atoms with Gasteiger partial charge in [0.15, 0.2) is 9.84 Å². The van der Waals surface area contributed by atoms with E-state index >= 15 is 0 Å². The summed E-state index contributed by atoms with van der Waals surface area (Å²) in [5.74, 6) is 0.823. The van der Waals surface area contributed by atoms with Crippen LogP contribution < -0.4 is 10.1 Å². The van der Waals surface area contributed by atoms with Gasteiger partial charge in [0.1, 0.15) is 12.4 Å². The number of hydrogen-bond donors (Lipinski definition) is 1. The minimum Gasteiger partial charge on any atom is -0.493 e. The van der Waals surface area contributed by atoms with Crippen LogP contribution >= 0.6 is 0 Å². The predicted octanol–water partition coefficient (Wildman–Crippen LogP) is 2.49. The summed E-state index contributed by atoms with van der Waals surface area (Å²) in [6.07, 6.45) is 5.83. The molecule has 1 aromatic carbocycles. The fourth-order valence-corrected chi connectivity index (χ4v) is 3.09. The first-order valence-corrected chi connectivity index (χ1v) is 9.72. The van der Waals surface area contributed by atoms with Crippen molar-refractivity contribution in [2.24, 2.45) is 0 Å². The van der Waals surface area contributed by atoms with E-state index in [2.05, 4.69) is 24.4 Å². The first-order valence-electron chi connectivity index (χ1n) is 7.66. The van der Waals surface area contributed by atoms with E-state index in [4.69, 9.17) is 4.74 Å². The van der Waals surface area contributed by atoms with Crippen molar-refractivity contribution in [2.75, 3.05) is 25.2 Å². The molecule has 0 aromatic heterocycles. The third-order valence-corrected chi connectivity index (χ3v) is 4.70. The van der Waals surface area contributed by atoms with Crippen molar-refractivity contribution in [3.05, 3.63) is 29.3 Å². The van der Waals surface area contributed by atoms with Gasteiger partial charge in [-0.25, -0.2) is 8.42 Å². The number of benzene rings is 1. The van der Waals surface area contributed by atoms with Crippen molar-refractivity contribution in [1.82, 2.24) is 5.32 Å². The molecule has 0 spiro atoms. The van der Waals surface area contributed by atoms with E-state index in [-0.39, 0.29) is 12.4 Å². The van der Waals surface area contributed by atoms with Gasteiger partial charge in [-0.05, 0) is 55.5 Å². The van der Waals surface area contributed by atoms with Gasteiger partial charge in [0.25, 0.3) is 0 Å². The van der Waals surface area contributed by atoms with Crippen LogP contribution in [0.5, 0.6) is 5.75 Å². The van der Waals surface area contributed by atoms with Crippen molar-refractivity contribution in [3.8, 4) is 5.75 Å². The molecule has 0 radical (unpaired) electrons. The molecule has 1 aromatic rings. The van der Waals surface area contributed by atoms with Gasteiger partial charge in [0, 0.05) is 12.3 Å². The van der Waals surface area contributed by atoms with Gasteiger partial charge in [0.05, 0.1) is 5.75 Å². The van der Waals surface area contributed by atoms with Crippen molar-refractivity contribution < 1.29 is 13.2 Å². The molecule has 1 atom stereocenters. The highest BCUT2D eigenvalue weighted by Gasteiger charge is 2.20. The molecular formula is C16H25NO3S. The Bertz CT molecular complexity index is 569. The average Bonchev–Trinajstić information content (AvgIpc) is 2.43. The van der Waals surface area contributed by atoms with E-state index in [0.29, 0.717) is 6.04 Å². The third kappa shape index (κ3) is 5.00. The topological polar surface area (TPSA) is 55.4 Å². The van der Waals surface area contributed by atoms with Gasteiger partial charge in [-0.3, -0.25) is 0 Å². The number of ether oxygens (including phenoxy) is 1. The second-order valence-corrected chi connectivity index (χ2v) is 8.00. The lowest BCUT2D eigenvalue weighted by molar-refractivity contribution is 0.339. The highest BCUT2D eigenvalue weighted by molar-refractivity contribution is 7.90. The Morgan fingerprint density at radius 3 is 2.90 bits per heavy atom. The lowest BCUT2D eigenvalue weighted by Gasteiger charge is -2.27. The Morgan fingerprint density at radius 2 is 2.19 bits per heavy atom. The van der Waals surface area contributed by atoms with Crippen LogP contribution in [-0.2, 0) is 16.3 Å². The molecule has 21 heavy (non-hydrogen) atoms. The first-order chi connectivity index (χ1) is 9.99. The molecule has 2 rings (SSSR count). The Labute approximate surface area is 127 Å². The summed E-state index contributed by atoms with van der Waals surface area (Å²) < 4.78 is 27.9. The molecule has 4 nitrogen and oxygen atoms in total. The van der Waals surface area contributed by atoms with Crippen molar-refractivity contribution in [1.29, 1.82) is 0 Å². The number of hydrogen-bond acceptors (Lipinski definition) is 4. The third-order valence-electron chi connectivity index (χ3n) is 3.80. The zero-order chi connectivity index (χ0) is 15.3. The maximum atomic E-state index is 11.1. The SMILES string of the molecule is CCCNC1CCCc2ccc(OCCS(C)(=O)=O)cc21. The van der Waals surface area contributed by atoms with Crippen LogP contribution in [0.15, 0.2) is 18.2 Å². The molecule has 0 heterocycles. The van der Waals surface area contributed by atoms with E-state index in [1.165, 1.54) is 23.8 Å². The summed E-state index contributed by atoms with van der Waals surface area (Å²) in [5, 5.41) is 3.58. The van der Waals surface area contributed by atoms with E-state index in [0.717, 1.165) is 31.6 Å². The standard InChI is InChI=1S/C16H25NO3S/c1-3-9-17-16-6-4-5-13-7-8-14(12-15(13)16)20-10-11-21(2,18)19/h7-8,12,16-17H,3-6,9-11H2,1-2H3. The quantitative estimate of drug-likeness (QED) is 0.840. The van der Waals surface area contributed by atoms with Crippen molar-refractivity contribution in [3.63, 3.8) is 0 Å². The molecular weight excluding hydrogens is 286 g/mol. The Morgan fingerprint density at radius 1 is 1.38 bits per heavy atom. The molecule has 1 unspecified atom stereocenters. The highest BCUT2D eigenvalue weighted by Crippen LogP contribution is 2.32. The lowest BCUT2D eigenvalue weighted by atomic mass is 9.87. The molecule has 0 fully saturated rings. The van der Waals surface area contributed by atoms with Crippen LogP contribution in [0.1, 0.15) is 43.4 Å². The van der Waals surface area contributed by atoms with E-state index in [1.807, 2.05) is 6.07 Å². The van der Waals surface area contributed by atoms with Crippen LogP contribution in [0.25, 0.3) is 0 Å². The Hall–Kier alpha value is -1.07. The average molecular weight is 311 g/mol. The fraction of sp³-hybridized carbons (Fsp3) is 0.625. The molecule has 0 saturated heterocycles. The van der Waals surface area contributed by atoms with Crippen molar-refractivity contribution >= 4 is 9.84 Å². The lowest BCUT2D eigenvalue weighted by Crippen LogP contribution is -2.25. The summed E-state index contributed by atoms with van der Waals surface area (Å²) in [6.45, 7) is 3.40. The Kier molecular flexibility index (Phi) is 5.65. The maximum Gasteiger partial charge on any atom is 0.150 e. The highest BCUT2D eigenvalue weighted by atomic mass is 32.2. The molecule has 0 bridgehead atoms. The zero-order valence-corrected chi connectivity index (χ0v) is 13.7. The zero-order valence-electron chi connectivity index (χ0n) is 12.9. The minimum atomic E-state index is -2.97. The molecule has 1 aliphatic carbocycles. The summed E-state index contributed by atoms with van der Waals surface area (Å²) in [5.41, 5.74) is 2.69. The van der Waals surface area contributed by atoms with Gasteiger partial charge < -0.3 is 10.1 Å². The normalized spacial score (nSPS) is 18.3. The second-order valence-electron chi connectivity index (χ2n) is 5.74. The van der Waals surface area contributed by atoms with E-state index < -0.39 is 9.84 Å². The van der Waals surface area contributed by atoms with Gasteiger partial charge in [-0.1, -0.05) is 13.0 Å². The Balaban J connectivity index is 2.05. The number of nitrogens with one attached hydrogen (secondary N) is 1.